The van der Waals surface area contributed by atoms with Crippen LogP contribution in [0, 0.1) is 13.8 Å². The first-order valence-electron chi connectivity index (χ1n) is 12.8. The Morgan fingerprint density at radius 1 is 0.923 bits per heavy atom. The normalized spacial score (nSPS) is 12.9. The number of anilines is 1. The van der Waals surface area contributed by atoms with Gasteiger partial charge in [0.2, 0.25) is 5.91 Å². The van der Waals surface area contributed by atoms with E-state index < -0.39 is 48.8 Å². The number of nitrogens with zero attached hydrogens (tertiary/aromatic N) is 1. The maximum atomic E-state index is 13.8. The summed E-state index contributed by atoms with van der Waals surface area (Å²) in [4.78, 5) is 41.0. The highest BCUT2D eigenvalue weighted by atomic mass is 16.6. The summed E-state index contributed by atoms with van der Waals surface area (Å²) in [5.41, 5.74) is 2.16. The standard InChI is InChI=1S/C30H37N3O6/c1-19-10-11-23(16-20(19)2)26(27(36)31-24-13-12-21-8-6-7-9-22(21)17-24)33(14-15-34)28(37)25(18-35)32-29(38)39-30(3,4)5/h6-13,16-17,25-26,34-35H,14-15,18H2,1-5H3,(H,31,36)(H,32,38). The third kappa shape index (κ3) is 7.78. The lowest BCUT2D eigenvalue weighted by Gasteiger charge is -2.34. The summed E-state index contributed by atoms with van der Waals surface area (Å²) < 4.78 is 5.23. The van der Waals surface area contributed by atoms with Gasteiger partial charge in [-0.1, -0.05) is 48.5 Å². The van der Waals surface area contributed by atoms with Crippen LogP contribution in [0.3, 0.4) is 0 Å². The zero-order valence-corrected chi connectivity index (χ0v) is 23.0. The molecule has 0 heterocycles. The minimum absolute atomic E-state index is 0.214. The van der Waals surface area contributed by atoms with E-state index in [2.05, 4.69) is 10.6 Å². The average molecular weight is 536 g/mol. The lowest BCUT2D eigenvalue weighted by Crippen LogP contribution is -2.54. The van der Waals surface area contributed by atoms with E-state index in [1.54, 1.807) is 32.9 Å². The summed E-state index contributed by atoms with van der Waals surface area (Å²) in [5, 5.41) is 27.1. The molecule has 208 valence electrons. The van der Waals surface area contributed by atoms with Crippen molar-refractivity contribution in [3.63, 3.8) is 0 Å². The maximum absolute atomic E-state index is 13.8. The van der Waals surface area contributed by atoms with Crippen LogP contribution in [0.4, 0.5) is 10.5 Å². The van der Waals surface area contributed by atoms with Crippen LogP contribution in [0.15, 0.2) is 60.7 Å². The number of benzene rings is 3. The van der Waals surface area contributed by atoms with Crippen LogP contribution in [0.1, 0.15) is 43.5 Å². The number of carbonyl (C=O) groups is 3. The largest absolute Gasteiger partial charge is 0.444 e. The molecule has 9 nitrogen and oxygen atoms in total. The van der Waals surface area contributed by atoms with Crippen molar-refractivity contribution in [3.05, 3.63) is 77.4 Å². The molecule has 39 heavy (non-hydrogen) atoms. The molecule has 0 aromatic heterocycles. The van der Waals surface area contributed by atoms with Gasteiger partial charge in [0, 0.05) is 12.2 Å². The Balaban J connectivity index is 1.99. The number of rotatable bonds is 9. The van der Waals surface area contributed by atoms with Crippen molar-refractivity contribution in [1.82, 2.24) is 10.2 Å². The Kier molecular flexibility index (Phi) is 9.66. The van der Waals surface area contributed by atoms with Crippen LogP contribution >= 0.6 is 0 Å². The van der Waals surface area contributed by atoms with E-state index in [4.69, 9.17) is 4.74 Å². The highest BCUT2D eigenvalue weighted by Gasteiger charge is 2.36. The highest BCUT2D eigenvalue weighted by Crippen LogP contribution is 2.27. The van der Waals surface area contributed by atoms with Crippen molar-refractivity contribution in [3.8, 4) is 0 Å². The van der Waals surface area contributed by atoms with Crippen LogP contribution in [-0.4, -0.2) is 64.4 Å². The number of ether oxygens (including phenoxy) is 1. The number of aliphatic hydroxyl groups excluding tert-OH is 2. The number of aryl methyl sites for hydroxylation is 2. The van der Waals surface area contributed by atoms with Gasteiger partial charge in [-0.05, 0) is 74.2 Å². The molecule has 3 rings (SSSR count). The van der Waals surface area contributed by atoms with Gasteiger partial charge in [-0.25, -0.2) is 4.79 Å². The van der Waals surface area contributed by atoms with E-state index in [1.807, 2.05) is 62.4 Å². The molecule has 0 aliphatic rings. The number of hydrogen-bond donors (Lipinski definition) is 4. The molecule has 0 spiro atoms. The second-order valence-electron chi connectivity index (χ2n) is 10.4. The van der Waals surface area contributed by atoms with E-state index in [0.717, 1.165) is 21.9 Å². The van der Waals surface area contributed by atoms with Crippen molar-refractivity contribution in [2.75, 3.05) is 25.1 Å². The first-order valence-corrected chi connectivity index (χ1v) is 12.8. The van der Waals surface area contributed by atoms with Gasteiger partial charge >= 0.3 is 6.09 Å². The average Bonchev–Trinajstić information content (AvgIpc) is 2.87. The molecular weight excluding hydrogens is 498 g/mol. The number of fused-ring (bicyclic) bond motifs is 1. The van der Waals surface area contributed by atoms with Crippen LogP contribution in [0.25, 0.3) is 10.8 Å². The molecule has 4 N–H and O–H groups in total. The van der Waals surface area contributed by atoms with Crippen LogP contribution in [-0.2, 0) is 14.3 Å². The van der Waals surface area contributed by atoms with E-state index in [-0.39, 0.29) is 6.54 Å². The van der Waals surface area contributed by atoms with Gasteiger partial charge in [0.05, 0.1) is 13.2 Å². The molecule has 3 amide bonds. The Morgan fingerprint density at radius 3 is 2.23 bits per heavy atom. The summed E-state index contributed by atoms with van der Waals surface area (Å²) in [6, 6.07) is 16.1. The second-order valence-corrected chi connectivity index (χ2v) is 10.4. The van der Waals surface area contributed by atoms with Gasteiger partial charge in [-0.3, -0.25) is 9.59 Å². The van der Waals surface area contributed by atoms with Gasteiger partial charge in [0.1, 0.15) is 17.7 Å². The van der Waals surface area contributed by atoms with Crippen LogP contribution in [0.5, 0.6) is 0 Å². The summed E-state index contributed by atoms with van der Waals surface area (Å²) in [5.74, 6) is -1.25. The molecule has 2 atom stereocenters. The molecule has 0 aliphatic carbocycles. The molecule has 3 aromatic rings. The number of amides is 3. The van der Waals surface area contributed by atoms with Crippen molar-refractivity contribution in [2.45, 2.75) is 52.3 Å². The van der Waals surface area contributed by atoms with Crippen molar-refractivity contribution >= 4 is 34.4 Å². The minimum atomic E-state index is -1.39. The Hall–Kier alpha value is -3.95. The van der Waals surface area contributed by atoms with E-state index in [1.165, 1.54) is 4.90 Å². The van der Waals surface area contributed by atoms with Gasteiger partial charge in [0.25, 0.3) is 5.91 Å². The molecule has 2 unspecified atom stereocenters. The third-order valence-corrected chi connectivity index (χ3v) is 6.22. The SMILES string of the molecule is Cc1ccc(C(C(=O)Nc2ccc3ccccc3c2)N(CCO)C(=O)C(CO)NC(=O)OC(C)(C)C)cc1C. The monoisotopic (exact) mass is 535 g/mol. The lowest BCUT2D eigenvalue weighted by atomic mass is 9.98. The second kappa shape index (κ2) is 12.7. The third-order valence-electron chi connectivity index (χ3n) is 6.22. The molecule has 0 bridgehead atoms. The number of nitrogens with one attached hydrogen (secondary N) is 2. The topological polar surface area (TPSA) is 128 Å². The van der Waals surface area contributed by atoms with E-state index >= 15 is 0 Å². The Labute approximate surface area is 228 Å². The number of carbonyl (C=O) groups excluding carboxylic acids is 3. The fourth-order valence-corrected chi connectivity index (χ4v) is 4.19. The fourth-order valence-electron chi connectivity index (χ4n) is 4.19. The van der Waals surface area contributed by atoms with Crippen molar-refractivity contribution < 1.29 is 29.3 Å². The number of alkyl carbamates (subject to hydrolysis) is 1. The Morgan fingerprint density at radius 2 is 1.62 bits per heavy atom. The lowest BCUT2D eigenvalue weighted by molar-refractivity contribution is -0.142. The summed E-state index contributed by atoms with van der Waals surface area (Å²) in [7, 11) is 0. The summed E-state index contributed by atoms with van der Waals surface area (Å²) in [6.07, 6.45) is -0.887. The van der Waals surface area contributed by atoms with Crippen molar-refractivity contribution in [1.29, 1.82) is 0 Å². The van der Waals surface area contributed by atoms with Crippen molar-refractivity contribution in [2.24, 2.45) is 0 Å². The Bertz CT molecular complexity index is 1330. The molecular formula is C30H37N3O6. The quantitative estimate of drug-likeness (QED) is 0.330. The van der Waals surface area contributed by atoms with Gasteiger partial charge < -0.3 is 30.5 Å². The predicted molar refractivity (Wildman–Crippen MR) is 150 cm³/mol. The predicted octanol–water partition coefficient (Wildman–Crippen LogP) is 3.84. The van der Waals surface area contributed by atoms with Crippen LogP contribution < -0.4 is 10.6 Å². The van der Waals surface area contributed by atoms with Gasteiger partial charge in [-0.15, -0.1) is 0 Å². The molecule has 9 heteroatoms. The first kappa shape index (κ1) is 29.6. The zero-order chi connectivity index (χ0) is 28.7. The number of hydrogen-bond acceptors (Lipinski definition) is 6. The molecule has 3 aromatic carbocycles. The van der Waals surface area contributed by atoms with Gasteiger partial charge in [0.15, 0.2) is 0 Å². The molecule has 0 saturated heterocycles. The zero-order valence-electron chi connectivity index (χ0n) is 23.0. The summed E-state index contributed by atoms with van der Waals surface area (Å²) >= 11 is 0. The van der Waals surface area contributed by atoms with E-state index in [9.17, 15) is 24.6 Å². The van der Waals surface area contributed by atoms with Gasteiger partial charge in [-0.2, -0.15) is 0 Å². The fraction of sp³-hybridized carbons (Fsp3) is 0.367. The first-order chi connectivity index (χ1) is 18.4. The van der Waals surface area contributed by atoms with Crippen LogP contribution in [0.2, 0.25) is 0 Å². The molecule has 0 fully saturated rings. The minimum Gasteiger partial charge on any atom is -0.444 e. The highest BCUT2D eigenvalue weighted by molar-refractivity contribution is 6.00. The molecule has 0 radical (unpaired) electrons. The van der Waals surface area contributed by atoms with E-state index in [0.29, 0.717) is 11.3 Å². The molecule has 0 aliphatic heterocycles. The number of aliphatic hydroxyl groups is 2. The maximum Gasteiger partial charge on any atom is 0.408 e. The smallest absolute Gasteiger partial charge is 0.408 e. The molecule has 0 saturated carbocycles. The summed E-state index contributed by atoms with van der Waals surface area (Å²) in [6.45, 7) is 7.47.